The van der Waals surface area contributed by atoms with Crippen molar-refractivity contribution in [2.24, 2.45) is 5.92 Å². The average Bonchev–Trinajstić information content (AvgIpc) is 2.71. The number of rotatable bonds is 3. The third-order valence-corrected chi connectivity index (χ3v) is 4.23. The fraction of sp³-hybridized carbons (Fsp3) is 0.429. The van der Waals surface area contributed by atoms with E-state index in [-0.39, 0.29) is 22.8 Å². The lowest BCUT2D eigenvalue weighted by molar-refractivity contribution is -0.117. The molecule has 2 rings (SSSR count). The largest absolute Gasteiger partial charge is 0.312 e. The SMILES string of the molecule is CC(=O)SCC1CC(=O)N(c2cc(F)ccc2C)C1. The molecule has 102 valence electrons. The molecule has 0 aromatic heterocycles. The van der Waals surface area contributed by atoms with Crippen LogP contribution in [-0.2, 0) is 9.59 Å². The Bertz CT molecular complexity index is 518. The minimum atomic E-state index is -0.338. The standard InChI is InChI=1S/C14H16FNO2S/c1-9-3-4-12(15)6-13(9)16-7-11(5-14(16)18)8-19-10(2)17/h3-4,6,11H,5,7-8H2,1-2H3. The van der Waals surface area contributed by atoms with E-state index in [9.17, 15) is 14.0 Å². The van der Waals surface area contributed by atoms with Crippen LogP contribution in [0.5, 0.6) is 0 Å². The zero-order valence-corrected chi connectivity index (χ0v) is 11.8. The smallest absolute Gasteiger partial charge is 0.227 e. The number of hydrogen-bond donors (Lipinski definition) is 0. The minimum Gasteiger partial charge on any atom is -0.312 e. The molecule has 1 saturated heterocycles. The van der Waals surface area contributed by atoms with Gasteiger partial charge < -0.3 is 4.90 Å². The van der Waals surface area contributed by atoms with Crippen molar-refractivity contribution >= 4 is 28.5 Å². The highest BCUT2D eigenvalue weighted by Crippen LogP contribution is 2.30. The third-order valence-electron chi connectivity index (χ3n) is 3.19. The van der Waals surface area contributed by atoms with E-state index < -0.39 is 0 Å². The van der Waals surface area contributed by atoms with E-state index in [1.165, 1.54) is 30.8 Å². The summed E-state index contributed by atoms with van der Waals surface area (Å²) >= 11 is 1.24. The summed E-state index contributed by atoms with van der Waals surface area (Å²) in [5, 5.41) is 0.0628. The van der Waals surface area contributed by atoms with E-state index in [4.69, 9.17) is 0 Å². The van der Waals surface area contributed by atoms with Gasteiger partial charge in [0.1, 0.15) is 5.82 Å². The molecule has 0 radical (unpaired) electrons. The van der Waals surface area contributed by atoms with Crippen LogP contribution >= 0.6 is 11.8 Å². The first kappa shape index (κ1) is 14.1. The molecule has 5 heteroatoms. The van der Waals surface area contributed by atoms with Crippen LogP contribution in [0.3, 0.4) is 0 Å². The molecule has 1 aromatic carbocycles. The molecule has 0 aliphatic carbocycles. The normalized spacial score (nSPS) is 19.0. The Kier molecular flexibility index (Phi) is 4.24. The molecule has 1 atom stereocenters. The number of hydrogen-bond acceptors (Lipinski definition) is 3. The summed E-state index contributed by atoms with van der Waals surface area (Å²) in [5.74, 6) is 0.466. The van der Waals surface area contributed by atoms with Crippen molar-refractivity contribution in [2.75, 3.05) is 17.2 Å². The van der Waals surface area contributed by atoms with Crippen molar-refractivity contribution < 1.29 is 14.0 Å². The van der Waals surface area contributed by atoms with Gasteiger partial charge in [0.2, 0.25) is 5.91 Å². The summed E-state index contributed by atoms with van der Waals surface area (Å²) < 4.78 is 13.3. The number of halogens is 1. The Morgan fingerprint density at radius 1 is 1.53 bits per heavy atom. The van der Waals surface area contributed by atoms with Gasteiger partial charge in [-0.05, 0) is 30.5 Å². The predicted molar refractivity (Wildman–Crippen MR) is 74.7 cm³/mol. The zero-order valence-electron chi connectivity index (χ0n) is 11.0. The summed E-state index contributed by atoms with van der Waals surface area (Å²) in [5.41, 5.74) is 1.52. The molecule has 1 aromatic rings. The molecule has 0 bridgehead atoms. The van der Waals surface area contributed by atoms with Gasteiger partial charge in [-0.25, -0.2) is 4.39 Å². The van der Waals surface area contributed by atoms with Crippen molar-refractivity contribution in [3.63, 3.8) is 0 Å². The van der Waals surface area contributed by atoms with E-state index in [2.05, 4.69) is 0 Å². The Morgan fingerprint density at radius 2 is 2.26 bits per heavy atom. The van der Waals surface area contributed by atoms with Gasteiger partial charge >= 0.3 is 0 Å². The van der Waals surface area contributed by atoms with Gasteiger partial charge in [-0.1, -0.05) is 17.8 Å². The van der Waals surface area contributed by atoms with Crippen molar-refractivity contribution in [3.05, 3.63) is 29.6 Å². The average molecular weight is 281 g/mol. The summed E-state index contributed by atoms with van der Waals surface area (Å²) in [4.78, 5) is 24.6. The first-order valence-corrected chi connectivity index (χ1v) is 7.16. The molecule has 0 saturated carbocycles. The topological polar surface area (TPSA) is 37.4 Å². The number of amides is 1. The van der Waals surface area contributed by atoms with E-state index in [1.54, 1.807) is 11.0 Å². The number of carbonyl (C=O) groups is 2. The number of anilines is 1. The highest BCUT2D eigenvalue weighted by atomic mass is 32.2. The maximum Gasteiger partial charge on any atom is 0.227 e. The molecular weight excluding hydrogens is 265 g/mol. The maximum absolute atomic E-state index is 13.3. The lowest BCUT2D eigenvalue weighted by Crippen LogP contribution is -2.25. The number of thioether (sulfide) groups is 1. The number of carbonyl (C=O) groups excluding carboxylic acids is 2. The Morgan fingerprint density at radius 3 is 2.95 bits per heavy atom. The number of benzene rings is 1. The third kappa shape index (κ3) is 3.35. The molecule has 1 aliphatic heterocycles. The first-order valence-electron chi connectivity index (χ1n) is 6.17. The van der Waals surface area contributed by atoms with E-state index in [0.717, 1.165) is 5.56 Å². The summed E-state index contributed by atoms with van der Waals surface area (Å²) in [7, 11) is 0. The second kappa shape index (κ2) is 5.74. The maximum atomic E-state index is 13.3. The van der Waals surface area contributed by atoms with Crippen LogP contribution in [0.4, 0.5) is 10.1 Å². The van der Waals surface area contributed by atoms with E-state index >= 15 is 0 Å². The molecule has 1 unspecified atom stereocenters. The second-order valence-electron chi connectivity index (χ2n) is 4.81. The molecule has 19 heavy (non-hydrogen) atoms. The van der Waals surface area contributed by atoms with Crippen LogP contribution in [0.15, 0.2) is 18.2 Å². The van der Waals surface area contributed by atoms with Gasteiger partial charge in [0.25, 0.3) is 0 Å². The quantitative estimate of drug-likeness (QED) is 0.855. The van der Waals surface area contributed by atoms with Crippen LogP contribution in [-0.4, -0.2) is 23.3 Å². The summed E-state index contributed by atoms with van der Waals surface area (Å²) in [6.07, 6.45) is 0.427. The van der Waals surface area contributed by atoms with Crippen LogP contribution in [0.1, 0.15) is 18.9 Å². The Labute approximate surface area is 116 Å². The fourth-order valence-corrected chi connectivity index (χ4v) is 2.93. The van der Waals surface area contributed by atoms with Crippen LogP contribution < -0.4 is 4.90 Å². The lowest BCUT2D eigenvalue weighted by atomic mass is 10.1. The van der Waals surface area contributed by atoms with Crippen LogP contribution in [0.2, 0.25) is 0 Å². The van der Waals surface area contributed by atoms with Crippen molar-refractivity contribution in [3.8, 4) is 0 Å². The number of nitrogens with zero attached hydrogens (tertiary/aromatic N) is 1. The zero-order chi connectivity index (χ0) is 14.0. The van der Waals surface area contributed by atoms with Crippen molar-refractivity contribution in [1.82, 2.24) is 0 Å². The molecule has 1 aliphatic rings. The van der Waals surface area contributed by atoms with E-state index in [1.807, 2.05) is 6.92 Å². The predicted octanol–water partition coefficient (Wildman–Crippen LogP) is 2.77. The molecule has 3 nitrogen and oxygen atoms in total. The minimum absolute atomic E-state index is 0.00264. The summed E-state index contributed by atoms with van der Waals surface area (Å²) in [6, 6.07) is 4.46. The van der Waals surface area contributed by atoms with Gasteiger partial charge in [-0.15, -0.1) is 0 Å². The summed E-state index contributed by atoms with van der Waals surface area (Å²) in [6.45, 7) is 3.94. The van der Waals surface area contributed by atoms with Gasteiger partial charge in [-0.3, -0.25) is 9.59 Å². The molecule has 0 spiro atoms. The first-order chi connectivity index (χ1) is 8.97. The second-order valence-corrected chi connectivity index (χ2v) is 6.00. The van der Waals surface area contributed by atoms with Gasteiger partial charge in [0, 0.05) is 31.3 Å². The number of aryl methyl sites for hydroxylation is 1. The molecule has 1 amide bonds. The van der Waals surface area contributed by atoms with Crippen LogP contribution in [0.25, 0.3) is 0 Å². The fourth-order valence-electron chi connectivity index (χ4n) is 2.23. The van der Waals surface area contributed by atoms with Crippen molar-refractivity contribution in [2.45, 2.75) is 20.3 Å². The van der Waals surface area contributed by atoms with Crippen LogP contribution in [0, 0.1) is 18.7 Å². The highest BCUT2D eigenvalue weighted by molar-refractivity contribution is 8.13. The molecule has 1 fully saturated rings. The van der Waals surface area contributed by atoms with Crippen molar-refractivity contribution in [1.29, 1.82) is 0 Å². The van der Waals surface area contributed by atoms with Gasteiger partial charge in [-0.2, -0.15) is 0 Å². The van der Waals surface area contributed by atoms with Gasteiger partial charge in [0.05, 0.1) is 0 Å². The monoisotopic (exact) mass is 281 g/mol. The highest BCUT2D eigenvalue weighted by Gasteiger charge is 2.31. The molecule has 0 N–H and O–H groups in total. The van der Waals surface area contributed by atoms with Gasteiger partial charge in [0.15, 0.2) is 5.12 Å². The Hall–Kier alpha value is -1.36. The molecule has 1 heterocycles. The Balaban J connectivity index is 2.11. The van der Waals surface area contributed by atoms with E-state index in [0.29, 0.717) is 24.4 Å². The molecular formula is C14H16FNO2S. The lowest BCUT2D eigenvalue weighted by Gasteiger charge is -2.19.